The highest BCUT2D eigenvalue weighted by Crippen LogP contribution is 2.33. The Morgan fingerprint density at radius 2 is 2.21 bits per heavy atom. The minimum Gasteiger partial charge on any atom is -0.480 e. The van der Waals surface area contributed by atoms with Crippen LogP contribution in [0.4, 0.5) is 0 Å². The number of likely N-dealkylation sites (tertiary alicyclic amines) is 1. The van der Waals surface area contributed by atoms with E-state index in [0.717, 1.165) is 23.3 Å². The smallest absolute Gasteiger partial charge is 0.231 e. The van der Waals surface area contributed by atoms with Gasteiger partial charge in [-0.3, -0.25) is 0 Å². The molecule has 76 valence electrons. The van der Waals surface area contributed by atoms with E-state index in [4.69, 9.17) is 4.74 Å². The van der Waals surface area contributed by atoms with E-state index < -0.39 is 0 Å². The summed E-state index contributed by atoms with van der Waals surface area (Å²) >= 11 is 3.47. The molecule has 0 unspecified atom stereocenters. The normalized spacial score (nSPS) is 17.9. The van der Waals surface area contributed by atoms with E-state index in [1.165, 1.54) is 0 Å². The minimum absolute atomic E-state index is 0.506. The molecule has 5 heteroatoms. The maximum absolute atomic E-state index is 5.12. The summed E-state index contributed by atoms with van der Waals surface area (Å²) < 4.78 is 6.01. The van der Waals surface area contributed by atoms with E-state index in [9.17, 15) is 0 Å². The van der Waals surface area contributed by atoms with E-state index in [1.807, 2.05) is 0 Å². The third-order valence-corrected chi connectivity index (χ3v) is 3.17. The number of ether oxygens (including phenoxy) is 1. The first-order chi connectivity index (χ1) is 6.72. The van der Waals surface area contributed by atoms with Crippen LogP contribution >= 0.6 is 15.9 Å². The SMILES string of the molecule is COc1ncnc(C2CN(C)C2)c1Br. The molecule has 1 saturated heterocycles. The molecule has 4 nitrogen and oxygen atoms in total. The van der Waals surface area contributed by atoms with Crippen LogP contribution in [0.15, 0.2) is 10.8 Å². The minimum atomic E-state index is 0.506. The van der Waals surface area contributed by atoms with E-state index >= 15 is 0 Å². The van der Waals surface area contributed by atoms with Crippen LogP contribution in [0.5, 0.6) is 5.88 Å². The van der Waals surface area contributed by atoms with Crippen molar-refractivity contribution in [3.8, 4) is 5.88 Å². The number of aromatic nitrogens is 2. The topological polar surface area (TPSA) is 38.3 Å². The number of rotatable bonds is 2. The van der Waals surface area contributed by atoms with Crippen LogP contribution in [0.2, 0.25) is 0 Å². The molecule has 2 rings (SSSR count). The van der Waals surface area contributed by atoms with Gasteiger partial charge in [0, 0.05) is 19.0 Å². The first-order valence-electron chi connectivity index (χ1n) is 4.45. The fourth-order valence-corrected chi connectivity index (χ4v) is 2.36. The van der Waals surface area contributed by atoms with Crippen molar-refractivity contribution in [1.29, 1.82) is 0 Å². The summed E-state index contributed by atoms with van der Waals surface area (Å²) in [6.07, 6.45) is 1.55. The van der Waals surface area contributed by atoms with E-state index in [2.05, 4.69) is 37.8 Å². The van der Waals surface area contributed by atoms with Crippen LogP contribution in [0, 0.1) is 0 Å². The van der Waals surface area contributed by atoms with Crippen molar-refractivity contribution in [2.24, 2.45) is 0 Å². The van der Waals surface area contributed by atoms with Crippen molar-refractivity contribution in [1.82, 2.24) is 14.9 Å². The van der Waals surface area contributed by atoms with Gasteiger partial charge in [0.2, 0.25) is 5.88 Å². The fraction of sp³-hybridized carbons (Fsp3) is 0.556. The molecule has 0 spiro atoms. The molecule has 0 amide bonds. The van der Waals surface area contributed by atoms with Crippen LogP contribution in [0.1, 0.15) is 11.6 Å². The second-order valence-corrected chi connectivity index (χ2v) is 4.29. The van der Waals surface area contributed by atoms with Gasteiger partial charge in [-0.15, -0.1) is 0 Å². The molecule has 0 bridgehead atoms. The molecule has 0 atom stereocenters. The standard InChI is InChI=1S/C9H12BrN3O/c1-13-3-6(4-13)8-7(10)9(14-2)12-5-11-8/h5-6H,3-4H2,1-2H3. The van der Waals surface area contributed by atoms with Gasteiger partial charge in [0.15, 0.2) is 0 Å². The number of likely N-dealkylation sites (N-methyl/N-ethyl adjacent to an activating group) is 1. The molecule has 0 N–H and O–H groups in total. The second-order valence-electron chi connectivity index (χ2n) is 3.50. The highest BCUT2D eigenvalue weighted by Gasteiger charge is 2.28. The lowest BCUT2D eigenvalue weighted by molar-refractivity contribution is 0.185. The highest BCUT2D eigenvalue weighted by molar-refractivity contribution is 9.10. The van der Waals surface area contributed by atoms with Gasteiger partial charge >= 0.3 is 0 Å². The molecule has 1 aliphatic rings. The molecular weight excluding hydrogens is 246 g/mol. The van der Waals surface area contributed by atoms with Crippen molar-refractivity contribution < 1.29 is 4.74 Å². The molecule has 2 heterocycles. The van der Waals surface area contributed by atoms with Gasteiger partial charge < -0.3 is 9.64 Å². The molecule has 0 aromatic carbocycles. The lowest BCUT2D eigenvalue weighted by Gasteiger charge is -2.36. The van der Waals surface area contributed by atoms with Crippen LogP contribution in [0.3, 0.4) is 0 Å². The van der Waals surface area contributed by atoms with Gasteiger partial charge in [0.25, 0.3) is 0 Å². The van der Waals surface area contributed by atoms with Gasteiger partial charge in [0.05, 0.1) is 12.8 Å². The Balaban J connectivity index is 2.25. The molecular formula is C9H12BrN3O. The summed E-state index contributed by atoms with van der Waals surface area (Å²) in [6.45, 7) is 2.11. The van der Waals surface area contributed by atoms with E-state index in [0.29, 0.717) is 11.8 Å². The third kappa shape index (κ3) is 1.62. The summed E-state index contributed by atoms with van der Waals surface area (Å²) in [5.41, 5.74) is 1.05. The molecule has 1 aromatic rings. The predicted molar refractivity (Wildman–Crippen MR) is 56.5 cm³/mol. The zero-order valence-corrected chi connectivity index (χ0v) is 9.78. The molecule has 1 aliphatic heterocycles. The van der Waals surface area contributed by atoms with Gasteiger partial charge in [-0.1, -0.05) is 0 Å². The second kappa shape index (κ2) is 3.82. The zero-order chi connectivity index (χ0) is 10.1. The summed E-state index contributed by atoms with van der Waals surface area (Å²) in [5.74, 6) is 1.12. The molecule has 0 radical (unpaired) electrons. The summed E-state index contributed by atoms with van der Waals surface area (Å²) in [5, 5.41) is 0. The lowest BCUT2D eigenvalue weighted by atomic mass is 9.97. The van der Waals surface area contributed by atoms with Crippen molar-refractivity contribution in [2.45, 2.75) is 5.92 Å². The Bertz CT molecular complexity index is 339. The number of nitrogens with zero attached hydrogens (tertiary/aromatic N) is 3. The number of hydrogen-bond acceptors (Lipinski definition) is 4. The fourth-order valence-electron chi connectivity index (χ4n) is 1.67. The Kier molecular flexibility index (Phi) is 2.69. The van der Waals surface area contributed by atoms with E-state index in [1.54, 1.807) is 13.4 Å². The van der Waals surface area contributed by atoms with Crippen LogP contribution in [-0.2, 0) is 0 Å². The molecule has 0 aliphatic carbocycles. The molecule has 14 heavy (non-hydrogen) atoms. The van der Waals surface area contributed by atoms with E-state index in [-0.39, 0.29) is 0 Å². The summed E-state index contributed by atoms with van der Waals surface area (Å²) in [6, 6.07) is 0. The summed E-state index contributed by atoms with van der Waals surface area (Å²) in [4.78, 5) is 10.6. The van der Waals surface area contributed by atoms with Crippen LogP contribution in [0.25, 0.3) is 0 Å². The zero-order valence-electron chi connectivity index (χ0n) is 8.20. The molecule has 1 fully saturated rings. The maximum Gasteiger partial charge on any atom is 0.231 e. The van der Waals surface area contributed by atoms with Crippen molar-refractivity contribution >= 4 is 15.9 Å². The van der Waals surface area contributed by atoms with Gasteiger partial charge in [-0.25, -0.2) is 9.97 Å². The highest BCUT2D eigenvalue weighted by atomic mass is 79.9. The van der Waals surface area contributed by atoms with Gasteiger partial charge in [-0.05, 0) is 23.0 Å². The average molecular weight is 258 g/mol. The Hall–Kier alpha value is -0.680. The monoisotopic (exact) mass is 257 g/mol. The first-order valence-corrected chi connectivity index (χ1v) is 5.24. The van der Waals surface area contributed by atoms with Crippen molar-refractivity contribution in [2.75, 3.05) is 27.2 Å². The van der Waals surface area contributed by atoms with Crippen LogP contribution in [-0.4, -0.2) is 42.1 Å². The van der Waals surface area contributed by atoms with Crippen molar-refractivity contribution in [3.63, 3.8) is 0 Å². The van der Waals surface area contributed by atoms with Crippen LogP contribution < -0.4 is 4.74 Å². The third-order valence-electron chi connectivity index (χ3n) is 2.43. The number of halogens is 1. The molecule has 0 saturated carbocycles. The lowest BCUT2D eigenvalue weighted by Crippen LogP contribution is -2.42. The first kappa shape index (κ1) is 9.86. The van der Waals surface area contributed by atoms with Gasteiger partial charge in [-0.2, -0.15) is 0 Å². The van der Waals surface area contributed by atoms with Gasteiger partial charge in [0.1, 0.15) is 10.8 Å². The summed E-state index contributed by atoms with van der Waals surface area (Å²) in [7, 11) is 3.71. The van der Waals surface area contributed by atoms with Crippen molar-refractivity contribution in [3.05, 3.63) is 16.5 Å². The Labute approximate surface area is 91.4 Å². The maximum atomic E-state index is 5.12. The Morgan fingerprint density at radius 1 is 1.50 bits per heavy atom. The number of methoxy groups -OCH3 is 1. The number of hydrogen-bond donors (Lipinski definition) is 0. The average Bonchev–Trinajstić information content (AvgIpc) is 2.14. The quantitative estimate of drug-likeness (QED) is 0.800. The Morgan fingerprint density at radius 3 is 2.79 bits per heavy atom. The molecule has 1 aromatic heterocycles. The predicted octanol–water partition coefficient (Wildman–Crippen LogP) is 1.28. The largest absolute Gasteiger partial charge is 0.480 e.